The van der Waals surface area contributed by atoms with E-state index >= 15 is 0 Å². The van der Waals surface area contributed by atoms with Crippen LogP contribution in [-0.2, 0) is 6.54 Å². The van der Waals surface area contributed by atoms with Crippen molar-refractivity contribution >= 4 is 5.82 Å². The smallest absolute Gasteiger partial charge is 0.127 e. The minimum Gasteiger partial charge on any atom is -0.384 e. The number of aryl methyl sites for hydroxylation is 1. The molecule has 2 aromatic rings. The Morgan fingerprint density at radius 2 is 1.88 bits per heavy atom. The van der Waals surface area contributed by atoms with Crippen LogP contribution in [0.15, 0.2) is 30.3 Å². The first kappa shape index (κ1) is 11.7. The summed E-state index contributed by atoms with van der Waals surface area (Å²) < 4.78 is 2.07. The molecule has 1 aromatic carbocycles. The number of benzene rings is 1. The molecule has 2 N–H and O–H groups in total. The van der Waals surface area contributed by atoms with E-state index in [9.17, 15) is 0 Å². The van der Waals surface area contributed by atoms with E-state index in [0.29, 0.717) is 5.92 Å². The predicted molar refractivity (Wildman–Crippen MR) is 71.0 cm³/mol. The highest BCUT2D eigenvalue weighted by Gasteiger charge is 2.14. The van der Waals surface area contributed by atoms with Crippen LogP contribution in [-0.4, -0.2) is 9.55 Å². The van der Waals surface area contributed by atoms with E-state index in [0.717, 1.165) is 23.9 Å². The molecule has 0 saturated carbocycles. The lowest BCUT2D eigenvalue weighted by Crippen LogP contribution is -2.07. The van der Waals surface area contributed by atoms with Crippen molar-refractivity contribution in [1.29, 1.82) is 0 Å². The van der Waals surface area contributed by atoms with Gasteiger partial charge >= 0.3 is 0 Å². The molecule has 90 valence electrons. The van der Waals surface area contributed by atoms with Gasteiger partial charge < -0.3 is 10.3 Å². The molecule has 0 aliphatic carbocycles. The van der Waals surface area contributed by atoms with Crippen LogP contribution in [0, 0.1) is 6.92 Å². The standard InChI is InChI=1S/C14H19N3/c1-10(2)13-14(15)17(11(3)16-13)9-12-7-5-4-6-8-12/h4-8,10H,9,15H2,1-3H3. The van der Waals surface area contributed by atoms with Crippen molar-refractivity contribution in [1.82, 2.24) is 9.55 Å². The molecule has 0 aliphatic heterocycles. The van der Waals surface area contributed by atoms with Crippen molar-refractivity contribution in [2.24, 2.45) is 0 Å². The SMILES string of the molecule is Cc1nc(C(C)C)c(N)n1Cc1ccccc1. The Balaban J connectivity index is 2.34. The van der Waals surface area contributed by atoms with Gasteiger partial charge in [0.2, 0.25) is 0 Å². The quantitative estimate of drug-likeness (QED) is 0.879. The molecule has 0 radical (unpaired) electrons. The number of nitrogens with two attached hydrogens (primary N) is 1. The van der Waals surface area contributed by atoms with Gasteiger partial charge in [0.25, 0.3) is 0 Å². The lowest BCUT2D eigenvalue weighted by atomic mass is 10.1. The van der Waals surface area contributed by atoms with E-state index in [1.807, 2.05) is 25.1 Å². The minimum absolute atomic E-state index is 0.366. The van der Waals surface area contributed by atoms with Crippen LogP contribution in [0.5, 0.6) is 0 Å². The highest BCUT2D eigenvalue weighted by atomic mass is 15.1. The van der Waals surface area contributed by atoms with Crippen molar-refractivity contribution in [3.05, 3.63) is 47.4 Å². The van der Waals surface area contributed by atoms with Crippen LogP contribution in [0.25, 0.3) is 0 Å². The van der Waals surface area contributed by atoms with Gasteiger partial charge in [-0.1, -0.05) is 44.2 Å². The fourth-order valence-electron chi connectivity index (χ4n) is 1.99. The van der Waals surface area contributed by atoms with E-state index in [1.165, 1.54) is 5.56 Å². The second-order valence-corrected chi connectivity index (χ2v) is 4.66. The molecule has 0 saturated heterocycles. The maximum absolute atomic E-state index is 6.15. The van der Waals surface area contributed by atoms with E-state index in [4.69, 9.17) is 5.73 Å². The zero-order valence-electron chi connectivity index (χ0n) is 10.6. The fraction of sp³-hybridized carbons (Fsp3) is 0.357. The first-order chi connectivity index (χ1) is 8.09. The van der Waals surface area contributed by atoms with Gasteiger partial charge in [-0.2, -0.15) is 0 Å². The fourth-order valence-corrected chi connectivity index (χ4v) is 1.99. The molecule has 0 unspecified atom stereocenters. The number of hydrogen-bond donors (Lipinski definition) is 1. The van der Waals surface area contributed by atoms with Gasteiger partial charge in [-0.05, 0) is 18.4 Å². The second-order valence-electron chi connectivity index (χ2n) is 4.66. The molecule has 0 aliphatic rings. The third-order valence-electron chi connectivity index (χ3n) is 2.96. The van der Waals surface area contributed by atoms with Crippen molar-refractivity contribution in [3.8, 4) is 0 Å². The Labute approximate surface area is 102 Å². The summed E-state index contributed by atoms with van der Waals surface area (Å²) in [5.41, 5.74) is 8.40. The Morgan fingerprint density at radius 1 is 1.24 bits per heavy atom. The Hall–Kier alpha value is -1.77. The Bertz CT molecular complexity index is 498. The molecule has 1 heterocycles. The molecular formula is C14H19N3. The van der Waals surface area contributed by atoms with Gasteiger partial charge in [-0.25, -0.2) is 4.98 Å². The van der Waals surface area contributed by atoms with Gasteiger partial charge in [0.05, 0.1) is 12.2 Å². The van der Waals surface area contributed by atoms with Crippen molar-refractivity contribution in [2.45, 2.75) is 33.2 Å². The van der Waals surface area contributed by atoms with Crippen LogP contribution in [0.1, 0.15) is 36.8 Å². The van der Waals surface area contributed by atoms with Crippen LogP contribution in [0.2, 0.25) is 0 Å². The summed E-state index contributed by atoms with van der Waals surface area (Å²) in [4.78, 5) is 4.54. The Kier molecular flexibility index (Phi) is 3.18. The third kappa shape index (κ3) is 2.33. The molecule has 0 fully saturated rings. The zero-order chi connectivity index (χ0) is 12.4. The van der Waals surface area contributed by atoms with Gasteiger partial charge in [-0.15, -0.1) is 0 Å². The van der Waals surface area contributed by atoms with Crippen LogP contribution in [0.3, 0.4) is 0 Å². The molecule has 3 nitrogen and oxygen atoms in total. The van der Waals surface area contributed by atoms with Crippen LogP contribution in [0.4, 0.5) is 5.82 Å². The van der Waals surface area contributed by atoms with E-state index < -0.39 is 0 Å². The highest BCUT2D eigenvalue weighted by molar-refractivity contribution is 5.40. The average Bonchev–Trinajstić information content (AvgIpc) is 2.58. The predicted octanol–water partition coefficient (Wildman–Crippen LogP) is 2.95. The van der Waals surface area contributed by atoms with Crippen molar-refractivity contribution in [3.63, 3.8) is 0 Å². The lowest BCUT2D eigenvalue weighted by Gasteiger charge is -2.08. The number of hydrogen-bond acceptors (Lipinski definition) is 2. The molecule has 0 atom stereocenters. The molecule has 0 spiro atoms. The largest absolute Gasteiger partial charge is 0.384 e. The minimum atomic E-state index is 0.366. The number of nitrogens with zero attached hydrogens (tertiary/aromatic N) is 2. The zero-order valence-corrected chi connectivity index (χ0v) is 10.6. The Morgan fingerprint density at radius 3 is 2.41 bits per heavy atom. The van der Waals surface area contributed by atoms with Crippen LogP contribution >= 0.6 is 0 Å². The van der Waals surface area contributed by atoms with Crippen molar-refractivity contribution in [2.75, 3.05) is 5.73 Å². The number of imidazole rings is 1. The number of rotatable bonds is 3. The average molecular weight is 229 g/mol. The summed E-state index contributed by atoms with van der Waals surface area (Å²) >= 11 is 0. The van der Waals surface area contributed by atoms with Crippen molar-refractivity contribution < 1.29 is 0 Å². The van der Waals surface area contributed by atoms with Gasteiger partial charge in [0, 0.05) is 0 Å². The molecule has 17 heavy (non-hydrogen) atoms. The molecule has 2 rings (SSSR count). The summed E-state index contributed by atoms with van der Waals surface area (Å²) in [6, 6.07) is 10.3. The number of aromatic nitrogens is 2. The number of nitrogen functional groups attached to an aromatic ring is 1. The van der Waals surface area contributed by atoms with Gasteiger partial charge in [0.15, 0.2) is 0 Å². The summed E-state index contributed by atoms with van der Waals surface area (Å²) in [5.74, 6) is 2.14. The van der Waals surface area contributed by atoms with E-state index in [-0.39, 0.29) is 0 Å². The maximum Gasteiger partial charge on any atom is 0.127 e. The maximum atomic E-state index is 6.15. The highest BCUT2D eigenvalue weighted by Crippen LogP contribution is 2.23. The third-order valence-corrected chi connectivity index (χ3v) is 2.96. The molecule has 1 aromatic heterocycles. The molecule has 0 amide bonds. The molecular weight excluding hydrogens is 210 g/mol. The van der Waals surface area contributed by atoms with E-state index in [2.05, 4.69) is 35.5 Å². The monoisotopic (exact) mass is 229 g/mol. The normalized spacial score (nSPS) is 11.1. The van der Waals surface area contributed by atoms with Gasteiger partial charge in [0.1, 0.15) is 11.6 Å². The first-order valence-corrected chi connectivity index (χ1v) is 5.96. The topological polar surface area (TPSA) is 43.8 Å². The van der Waals surface area contributed by atoms with E-state index in [1.54, 1.807) is 0 Å². The molecule has 3 heteroatoms. The number of anilines is 1. The van der Waals surface area contributed by atoms with Crippen LogP contribution < -0.4 is 5.73 Å². The summed E-state index contributed by atoms with van der Waals surface area (Å²) in [6.45, 7) is 7.03. The first-order valence-electron chi connectivity index (χ1n) is 5.96. The molecule has 0 bridgehead atoms. The summed E-state index contributed by atoms with van der Waals surface area (Å²) in [7, 11) is 0. The van der Waals surface area contributed by atoms with Gasteiger partial charge in [-0.3, -0.25) is 0 Å². The lowest BCUT2D eigenvalue weighted by molar-refractivity contribution is 0.771. The summed E-state index contributed by atoms with van der Waals surface area (Å²) in [5, 5.41) is 0. The summed E-state index contributed by atoms with van der Waals surface area (Å²) in [6.07, 6.45) is 0. The second kappa shape index (κ2) is 4.62.